The van der Waals surface area contributed by atoms with Crippen LogP contribution in [0.3, 0.4) is 0 Å². The predicted molar refractivity (Wildman–Crippen MR) is 59.2 cm³/mol. The summed E-state index contributed by atoms with van der Waals surface area (Å²) in [5, 5.41) is 16.2. The zero-order chi connectivity index (χ0) is 13.1. The van der Waals surface area contributed by atoms with Gasteiger partial charge >= 0.3 is 5.97 Å². The summed E-state index contributed by atoms with van der Waals surface area (Å²) < 4.78 is 19.4. The second-order valence-electron chi connectivity index (χ2n) is 3.53. The van der Waals surface area contributed by atoms with Gasteiger partial charge in [0, 0.05) is 6.07 Å². The van der Waals surface area contributed by atoms with E-state index in [1.54, 1.807) is 0 Å². The van der Waals surface area contributed by atoms with Crippen LogP contribution in [0, 0.1) is 5.82 Å². The minimum absolute atomic E-state index is 0.0595. The Bertz CT molecular complexity index is 583. The summed E-state index contributed by atoms with van der Waals surface area (Å²) in [5.41, 5.74) is 0.887. The zero-order valence-electron chi connectivity index (χ0n) is 9.50. The lowest BCUT2D eigenvalue weighted by Gasteiger charge is -2.07. The highest BCUT2D eigenvalue weighted by Crippen LogP contribution is 2.21. The average Bonchev–Trinajstić information content (AvgIpc) is 2.77. The van der Waals surface area contributed by atoms with Crippen LogP contribution in [0.1, 0.15) is 5.69 Å². The molecule has 1 aromatic carbocycles. The first-order chi connectivity index (χ1) is 8.61. The topological polar surface area (TPSA) is 77.2 Å². The number of aromatic nitrogens is 3. The SMILES string of the molecule is COc1cc(-n2nncc2CC(=O)O)ccc1F. The summed E-state index contributed by atoms with van der Waals surface area (Å²) >= 11 is 0. The molecule has 0 saturated heterocycles. The fourth-order valence-corrected chi connectivity index (χ4v) is 1.53. The highest BCUT2D eigenvalue weighted by Gasteiger charge is 2.12. The van der Waals surface area contributed by atoms with Gasteiger partial charge in [0.2, 0.25) is 0 Å². The summed E-state index contributed by atoms with van der Waals surface area (Å²) in [6.07, 6.45) is 1.14. The Morgan fingerprint density at radius 1 is 1.56 bits per heavy atom. The van der Waals surface area contributed by atoms with Crippen molar-refractivity contribution in [1.29, 1.82) is 0 Å². The number of methoxy groups -OCH3 is 1. The van der Waals surface area contributed by atoms with E-state index in [-0.39, 0.29) is 12.2 Å². The van der Waals surface area contributed by atoms with Gasteiger partial charge in [0.05, 0.1) is 31.1 Å². The Balaban J connectivity index is 2.42. The largest absolute Gasteiger partial charge is 0.494 e. The van der Waals surface area contributed by atoms with E-state index < -0.39 is 11.8 Å². The van der Waals surface area contributed by atoms with Crippen LogP contribution < -0.4 is 4.74 Å². The highest BCUT2D eigenvalue weighted by molar-refractivity contribution is 5.69. The van der Waals surface area contributed by atoms with Crippen LogP contribution >= 0.6 is 0 Å². The summed E-state index contributed by atoms with van der Waals surface area (Å²) in [5.74, 6) is -1.43. The molecule has 0 radical (unpaired) electrons. The zero-order valence-corrected chi connectivity index (χ0v) is 9.50. The van der Waals surface area contributed by atoms with E-state index in [1.165, 1.54) is 36.2 Å². The van der Waals surface area contributed by atoms with Crippen LogP contribution in [0.2, 0.25) is 0 Å². The van der Waals surface area contributed by atoms with Gasteiger partial charge in [-0.25, -0.2) is 9.07 Å². The molecule has 0 fully saturated rings. The van der Waals surface area contributed by atoms with Crippen molar-refractivity contribution in [3.63, 3.8) is 0 Å². The Morgan fingerprint density at radius 3 is 3.00 bits per heavy atom. The fraction of sp³-hybridized carbons (Fsp3) is 0.182. The lowest BCUT2D eigenvalue weighted by atomic mass is 10.2. The van der Waals surface area contributed by atoms with Crippen molar-refractivity contribution in [1.82, 2.24) is 15.0 Å². The molecule has 0 aliphatic heterocycles. The molecule has 18 heavy (non-hydrogen) atoms. The van der Waals surface area contributed by atoms with Gasteiger partial charge in [0.1, 0.15) is 0 Å². The van der Waals surface area contributed by atoms with E-state index >= 15 is 0 Å². The predicted octanol–water partition coefficient (Wildman–Crippen LogP) is 1.04. The number of nitrogens with zero attached hydrogens (tertiary/aromatic N) is 3. The molecule has 0 bridgehead atoms. The first-order valence-electron chi connectivity index (χ1n) is 5.07. The third-order valence-electron chi connectivity index (χ3n) is 2.33. The van der Waals surface area contributed by atoms with Gasteiger partial charge < -0.3 is 9.84 Å². The molecule has 0 unspecified atom stereocenters. The number of ether oxygens (including phenoxy) is 1. The smallest absolute Gasteiger partial charge is 0.309 e. The summed E-state index contributed by atoms with van der Waals surface area (Å²) in [7, 11) is 1.35. The monoisotopic (exact) mass is 251 g/mol. The van der Waals surface area contributed by atoms with E-state index in [0.29, 0.717) is 11.4 Å². The van der Waals surface area contributed by atoms with Crippen LogP contribution in [0.4, 0.5) is 4.39 Å². The maximum absolute atomic E-state index is 13.3. The van der Waals surface area contributed by atoms with Gasteiger partial charge in [0.25, 0.3) is 0 Å². The number of aliphatic carboxylic acids is 1. The van der Waals surface area contributed by atoms with Gasteiger partial charge in [-0.3, -0.25) is 4.79 Å². The van der Waals surface area contributed by atoms with E-state index in [0.717, 1.165) is 0 Å². The maximum Gasteiger partial charge on any atom is 0.309 e. The Morgan fingerprint density at radius 2 is 2.33 bits per heavy atom. The molecule has 0 aliphatic carbocycles. The number of carbonyl (C=O) groups is 1. The summed E-state index contributed by atoms with van der Waals surface area (Å²) in [4.78, 5) is 10.7. The molecule has 1 N–H and O–H groups in total. The Hall–Kier alpha value is -2.44. The molecule has 2 rings (SSSR count). The lowest BCUT2D eigenvalue weighted by Crippen LogP contribution is -2.08. The second kappa shape index (κ2) is 4.82. The molecular weight excluding hydrogens is 241 g/mol. The maximum atomic E-state index is 13.3. The Labute approximate surface area is 102 Å². The average molecular weight is 251 g/mol. The van der Waals surface area contributed by atoms with Gasteiger partial charge in [-0.05, 0) is 12.1 Å². The third kappa shape index (κ3) is 2.29. The summed E-state index contributed by atoms with van der Waals surface area (Å²) in [6, 6.07) is 4.12. The van der Waals surface area contributed by atoms with Crippen molar-refractivity contribution < 1.29 is 19.0 Å². The van der Waals surface area contributed by atoms with Crippen LogP contribution in [0.25, 0.3) is 5.69 Å². The van der Waals surface area contributed by atoms with Crippen molar-refractivity contribution in [2.75, 3.05) is 7.11 Å². The van der Waals surface area contributed by atoms with E-state index in [4.69, 9.17) is 9.84 Å². The molecule has 0 amide bonds. The number of carboxylic acid groups (broad SMARTS) is 1. The van der Waals surface area contributed by atoms with E-state index in [9.17, 15) is 9.18 Å². The molecule has 0 spiro atoms. The van der Waals surface area contributed by atoms with E-state index in [2.05, 4.69) is 10.3 Å². The number of hydrogen-bond acceptors (Lipinski definition) is 4. The number of hydrogen-bond donors (Lipinski definition) is 1. The minimum atomic E-state index is -0.993. The molecule has 7 heteroatoms. The van der Waals surface area contributed by atoms with Crippen molar-refractivity contribution in [2.24, 2.45) is 0 Å². The van der Waals surface area contributed by atoms with Crippen LogP contribution in [-0.2, 0) is 11.2 Å². The van der Waals surface area contributed by atoms with Gasteiger partial charge in [0.15, 0.2) is 11.6 Å². The van der Waals surface area contributed by atoms with Crippen molar-refractivity contribution in [2.45, 2.75) is 6.42 Å². The third-order valence-corrected chi connectivity index (χ3v) is 2.33. The fourth-order valence-electron chi connectivity index (χ4n) is 1.53. The first-order valence-corrected chi connectivity index (χ1v) is 5.07. The summed E-state index contributed by atoms with van der Waals surface area (Å²) in [6.45, 7) is 0. The number of carboxylic acids is 1. The van der Waals surface area contributed by atoms with Crippen LogP contribution in [0.15, 0.2) is 24.4 Å². The molecule has 2 aromatic rings. The molecule has 1 heterocycles. The van der Waals surface area contributed by atoms with Crippen LogP contribution in [-0.4, -0.2) is 33.2 Å². The van der Waals surface area contributed by atoms with Gasteiger partial charge in [-0.1, -0.05) is 5.21 Å². The highest BCUT2D eigenvalue weighted by atomic mass is 19.1. The van der Waals surface area contributed by atoms with E-state index in [1.807, 2.05) is 0 Å². The Kier molecular flexibility index (Phi) is 3.22. The second-order valence-corrected chi connectivity index (χ2v) is 3.53. The molecule has 1 aromatic heterocycles. The number of benzene rings is 1. The molecule has 94 valence electrons. The molecule has 6 nitrogen and oxygen atoms in total. The quantitative estimate of drug-likeness (QED) is 0.878. The first kappa shape index (κ1) is 12.0. The molecule has 0 atom stereocenters. The normalized spacial score (nSPS) is 10.3. The molecule has 0 saturated carbocycles. The molecule has 0 aliphatic rings. The number of halogens is 1. The van der Waals surface area contributed by atoms with Crippen LogP contribution in [0.5, 0.6) is 5.75 Å². The van der Waals surface area contributed by atoms with Crippen molar-refractivity contribution in [3.05, 3.63) is 35.9 Å². The van der Waals surface area contributed by atoms with Crippen molar-refractivity contribution in [3.8, 4) is 11.4 Å². The van der Waals surface area contributed by atoms with Crippen molar-refractivity contribution >= 4 is 5.97 Å². The van der Waals surface area contributed by atoms with Gasteiger partial charge in [-0.2, -0.15) is 0 Å². The minimum Gasteiger partial charge on any atom is -0.494 e. The standard InChI is InChI=1S/C11H10FN3O3/c1-18-10-4-7(2-3-9(10)12)15-8(5-11(16)17)6-13-14-15/h2-4,6H,5H2,1H3,(H,16,17). The number of rotatable bonds is 4. The lowest BCUT2D eigenvalue weighted by molar-refractivity contribution is -0.136. The molecular formula is C11H10FN3O3. The van der Waals surface area contributed by atoms with Gasteiger partial charge in [-0.15, -0.1) is 5.10 Å².